The van der Waals surface area contributed by atoms with E-state index in [0.29, 0.717) is 13.0 Å². The molecular formula is C8H17NO3Si. The van der Waals surface area contributed by atoms with Gasteiger partial charge in [-0.15, -0.1) is 0 Å². The fourth-order valence-electron chi connectivity index (χ4n) is 0.707. The maximum atomic E-state index is 9.93. The lowest BCUT2D eigenvalue weighted by Crippen LogP contribution is -2.01. The monoisotopic (exact) mass is 203 g/mol. The van der Waals surface area contributed by atoms with E-state index in [4.69, 9.17) is 4.74 Å². The van der Waals surface area contributed by atoms with Crippen LogP contribution in [0.4, 0.5) is 0 Å². The molecule has 0 rings (SSSR count). The fraction of sp³-hybridized carbons (Fsp3) is 0.750. The third-order valence-corrected chi connectivity index (χ3v) is 2.34. The Bertz CT molecular complexity index is 171. The zero-order valence-electron chi connectivity index (χ0n) is 8.23. The third kappa shape index (κ3) is 11.2. The molecule has 0 spiro atoms. The minimum absolute atomic E-state index is 0.0476. The van der Waals surface area contributed by atoms with Crippen LogP contribution in [0.3, 0.4) is 0 Å². The van der Waals surface area contributed by atoms with Gasteiger partial charge in [-0.25, -0.2) is 0 Å². The standard InChI is InChI=1S/C8H17NO3Si/c1-13(2)8-7-12-6-4-3-5-9(10)11/h7-8,13H,3-6H2,1-2H3. The molecule has 0 aliphatic heterocycles. The zero-order valence-corrected chi connectivity index (χ0v) is 9.39. The highest BCUT2D eigenvalue weighted by atomic mass is 28.3. The van der Waals surface area contributed by atoms with Crippen molar-refractivity contribution in [3.05, 3.63) is 22.1 Å². The molecule has 0 fully saturated rings. The van der Waals surface area contributed by atoms with Crippen molar-refractivity contribution >= 4 is 8.80 Å². The lowest BCUT2D eigenvalue weighted by atomic mass is 10.3. The van der Waals surface area contributed by atoms with Gasteiger partial charge in [0.15, 0.2) is 0 Å². The smallest absolute Gasteiger partial charge is 0.204 e. The van der Waals surface area contributed by atoms with E-state index in [1.165, 1.54) is 0 Å². The largest absolute Gasteiger partial charge is 0.502 e. The topological polar surface area (TPSA) is 52.4 Å². The number of hydrogen-bond donors (Lipinski definition) is 0. The van der Waals surface area contributed by atoms with Gasteiger partial charge in [-0.05, 0) is 6.42 Å². The molecule has 0 aromatic heterocycles. The molecule has 0 aliphatic rings. The van der Waals surface area contributed by atoms with Gasteiger partial charge in [-0.3, -0.25) is 10.1 Å². The second kappa shape index (κ2) is 7.79. The number of nitrogens with zero attached hydrogens (tertiary/aromatic N) is 1. The van der Waals surface area contributed by atoms with Crippen LogP contribution < -0.4 is 0 Å². The van der Waals surface area contributed by atoms with Crippen LogP contribution in [-0.2, 0) is 4.74 Å². The lowest BCUT2D eigenvalue weighted by Gasteiger charge is -1.98. The summed E-state index contributed by atoms with van der Waals surface area (Å²) in [6.45, 7) is 5.04. The minimum Gasteiger partial charge on any atom is -0.502 e. The van der Waals surface area contributed by atoms with E-state index in [1.807, 2.05) is 0 Å². The van der Waals surface area contributed by atoms with E-state index in [1.54, 1.807) is 6.26 Å². The van der Waals surface area contributed by atoms with E-state index in [0.717, 1.165) is 6.42 Å². The highest BCUT2D eigenvalue weighted by molar-refractivity contribution is 6.61. The number of rotatable bonds is 7. The Morgan fingerprint density at radius 3 is 2.69 bits per heavy atom. The molecule has 0 unspecified atom stereocenters. The average molecular weight is 203 g/mol. The predicted octanol–water partition coefficient (Wildman–Crippen LogP) is 1.60. The highest BCUT2D eigenvalue weighted by Crippen LogP contribution is 1.92. The first kappa shape index (κ1) is 12.2. The molecule has 0 N–H and O–H groups in total. The molecule has 0 saturated heterocycles. The molecule has 0 radical (unpaired) electrons. The molecule has 0 aliphatic carbocycles. The van der Waals surface area contributed by atoms with E-state index in [2.05, 4.69) is 18.8 Å². The highest BCUT2D eigenvalue weighted by Gasteiger charge is 1.95. The van der Waals surface area contributed by atoms with Crippen LogP contribution in [0, 0.1) is 10.1 Å². The summed E-state index contributed by atoms with van der Waals surface area (Å²) in [5.41, 5.74) is 2.09. The maximum Gasteiger partial charge on any atom is 0.204 e. The molecule has 5 heteroatoms. The van der Waals surface area contributed by atoms with Gasteiger partial charge in [-0.1, -0.05) is 18.8 Å². The Balaban J connectivity index is 3.12. The Morgan fingerprint density at radius 1 is 1.46 bits per heavy atom. The number of ether oxygens (including phenoxy) is 1. The first-order valence-electron chi connectivity index (χ1n) is 4.53. The molecule has 76 valence electrons. The summed E-state index contributed by atoms with van der Waals surface area (Å²) in [5, 5.41) is 9.93. The SMILES string of the molecule is C[SiH](C)C=COCCCC[N+](=O)[O-]. The molecule has 0 aromatic rings. The van der Waals surface area contributed by atoms with Crippen molar-refractivity contribution in [2.24, 2.45) is 0 Å². The summed E-state index contributed by atoms with van der Waals surface area (Å²) < 4.78 is 5.16. The number of nitro groups is 1. The molecule has 0 saturated carbocycles. The van der Waals surface area contributed by atoms with Gasteiger partial charge in [0.1, 0.15) is 0 Å². The first-order valence-corrected chi connectivity index (χ1v) is 7.50. The number of unbranched alkanes of at least 4 members (excludes halogenated alkanes) is 1. The van der Waals surface area contributed by atoms with E-state index in [-0.39, 0.29) is 11.5 Å². The van der Waals surface area contributed by atoms with Crippen LogP contribution in [0.15, 0.2) is 12.0 Å². The summed E-state index contributed by atoms with van der Waals surface area (Å²) in [6, 6.07) is 0. The summed E-state index contributed by atoms with van der Waals surface area (Å²) >= 11 is 0. The van der Waals surface area contributed by atoms with E-state index < -0.39 is 8.80 Å². The van der Waals surface area contributed by atoms with Crippen LogP contribution in [0.2, 0.25) is 13.1 Å². The van der Waals surface area contributed by atoms with Crippen LogP contribution in [0.25, 0.3) is 0 Å². The van der Waals surface area contributed by atoms with Crippen molar-refractivity contribution < 1.29 is 9.66 Å². The van der Waals surface area contributed by atoms with Gasteiger partial charge in [0, 0.05) is 11.3 Å². The van der Waals surface area contributed by atoms with E-state index >= 15 is 0 Å². The summed E-state index contributed by atoms with van der Waals surface area (Å²) in [5.74, 6) is 0. The summed E-state index contributed by atoms with van der Waals surface area (Å²) in [7, 11) is -0.659. The third-order valence-electron chi connectivity index (χ3n) is 1.41. The van der Waals surface area contributed by atoms with Gasteiger partial charge in [0.25, 0.3) is 0 Å². The number of hydrogen-bond acceptors (Lipinski definition) is 3. The average Bonchev–Trinajstić information content (AvgIpc) is 2.01. The summed E-state index contributed by atoms with van der Waals surface area (Å²) in [4.78, 5) is 9.64. The second-order valence-corrected chi connectivity index (χ2v) is 6.08. The lowest BCUT2D eigenvalue weighted by molar-refractivity contribution is -0.480. The zero-order chi connectivity index (χ0) is 10.1. The molecule has 0 heterocycles. The van der Waals surface area contributed by atoms with Gasteiger partial charge in [0.05, 0.1) is 21.7 Å². The van der Waals surface area contributed by atoms with Crippen molar-refractivity contribution in [2.75, 3.05) is 13.2 Å². The van der Waals surface area contributed by atoms with Crippen LogP contribution in [-0.4, -0.2) is 26.9 Å². The second-order valence-electron chi connectivity index (χ2n) is 3.21. The van der Waals surface area contributed by atoms with E-state index in [9.17, 15) is 10.1 Å². The summed E-state index contributed by atoms with van der Waals surface area (Å²) in [6.07, 6.45) is 3.08. The Kier molecular flexibility index (Phi) is 7.28. The van der Waals surface area contributed by atoms with Gasteiger partial charge in [-0.2, -0.15) is 0 Å². The van der Waals surface area contributed by atoms with Crippen molar-refractivity contribution in [1.82, 2.24) is 0 Å². The van der Waals surface area contributed by atoms with Crippen molar-refractivity contribution in [3.8, 4) is 0 Å². The quantitative estimate of drug-likeness (QED) is 0.208. The van der Waals surface area contributed by atoms with Crippen LogP contribution in [0.5, 0.6) is 0 Å². The van der Waals surface area contributed by atoms with Gasteiger partial charge >= 0.3 is 0 Å². The Morgan fingerprint density at radius 2 is 2.15 bits per heavy atom. The fourth-order valence-corrected chi connectivity index (χ4v) is 1.13. The van der Waals surface area contributed by atoms with Crippen LogP contribution in [0.1, 0.15) is 12.8 Å². The van der Waals surface area contributed by atoms with Gasteiger partial charge in [0.2, 0.25) is 6.54 Å². The van der Waals surface area contributed by atoms with Crippen molar-refractivity contribution in [1.29, 1.82) is 0 Å². The molecule has 4 nitrogen and oxygen atoms in total. The normalized spacial score (nSPS) is 11.0. The van der Waals surface area contributed by atoms with Crippen LogP contribution >= 0.6 is 0 Å². The Labute approximate surface area is 80.3 Å². The maximum absolute atomic E-state index is 9.93. The molecule has 0 aromatic carbocycles. The first-order chi connectivity index (χ1) is 6.13. The Hall–Kier alpha value is -0.843. The molecular weight excluding hydrogens is 186 g/mol. The van der Waals surface area contributed by atoms with Gasteiger partial charge < -0.3 is 4.74 Å². The predicted molar refractivity (Wildman–Crippen MR) is 55.1 cm³/mol. The minimum atomic E-state index is -0.659. The molecule has 13 heavy (non-hydrogen) atoms. The van der Waals surface area contributed by atoms with Crippen molar-refractivity contribution in [2.45, 2.75) is 25.9 Å². The molecule has 0 bridgehead atoms. The molecule has 0 amide bonds. The van der Waals surface area contributed by atoms with Crippen molar-refractivity contribution in [3.63, 3.8) is 0 Å². The molecule has 0 atom stereocenters.